The van der Waals surface area contributed by atoms with Crippen molar-refractivity contribution in [1.29, 1.82) is 0 Å². The summed E-state index contributed by atoms with van der Waals surface area (Å²) < 4.78 is 5.30. The van der Waals surface area contributed by atoms with Gasteiger partial charge in [0.05, 0.1) is 12.1 Å². The van der Waals surface area contributed by atoms with Gasteiger partial charge in [-0.1, -0.05) is 17.7 Å². The maximum Gasteiger partial charge on any atom is 0.197 e. The Morgan fingerprint density at radius 2 is 1.62 bits per heavy atom. The molecule has 0 amide bonds. The van der Waals surface area contributed by atoms with Gasteiger partial charge in [-0.25, -0.2) is 19.9 Å². The molecule has 0 N–H and O–H groups in total. The molecule has 2 aromatic heterocycles. The SMILES string of the molecule is COc1cc(C2CC2c2cnc(-c3ncccn3)nc2)ccc1Cl. The molecule has 6 heteroatoms. The second kappa shape index (κ2) is 6.17. The Morgan fingerprint density at radius 3 is 2.33 bits per heavy atom. The minimum absolute atomic E-state index is 0.432. The quantitative estimate of drug-likeness (QED) is 0.722. The van der Waals surface area contributed by atoms with E-state index in [4.69, 9.17) is 16.3 Å². The molecular weight excluding hydrogens is 324 g/mol. The van der Waals surface area contributed by atoms with Crippen LogP contribution in [0.25, 0.3) is 11.6 Å². The monoisotopic (exact) mass is 338 g/mol. The normalized spacial score (nSPS) is 19.1. The number of hydrogen-bond donors (Lipinski definition) is 0. The van der Waals surface area contributed by atoms with Crippen molar-refractivity contribution in [3.8, 4) is 17.4 Å². The zero-order chi connectivity index (χ0) is 16.5. The van der Waals surface area contributed by atoms with Crippen molar-refractivity contribution in [2.45, 2.75) is 18.3 Å². The van der Waals surface area contributed by atoms with Crippen LogP contribution < -0.4 is 4.74 Å². The van der Waals surface area contributed by atoms with Gasteiger partial charge in [0.1, 0.15) is 5.75 Å². The molecule has 1 aromatic carbocycles. The molecule has 3 aromatic rings. The number of nitrogens with zero attached hydrogens (tertiary/aromatic N) is 4. The summed E-state index contributed by atoms with van der Waals surface area (Å²) in [6.45, 7) is 0. The zero-order valence-electron chi connectivity index (χ0n) is 13.1. The van der Waals surface area contributed by atoms with Gasteiger partial charge in [-0.15, -0.1) is 0 Å². The summed E-state index contributed by atoms with van der Waals surface area (Å²) in [5, 5.41) is 0.633. The van der Waals surface area contributed by atoms with Gasteiger partial charge in [0.2, 0.25) is 0 Å². The lowest BCUT2D eigenvalue weighted by molar-refractivity contribution is 0.414. The van der Waals surface area contributed by atoms with Crippen molar-refractivity contribution >= 4 is 11.6 Å². The Balaban J connectivity index is 1.52. The molecule has 2 atom stereocenters. The first-order valence-electron chi connectivity index (χ1n) is 7.69. The van der Waals surface area contributed by atoms with Crippen molar-refractivity contribution in [1.82, 2.24) is 19.9 Å². The highest BCUT2D eigenvalue weighted by molar-refractivity contribution is 6.32. The largest absolute Gasteiger partial charge is 0.495 e. The van der Waals surface area contributed by atoms with Crippen molar-refractivity contribution < 1.29 is 4.74 Å². The molecule has 1 aliphatic carbocycles. The van der Waals surface area contributed by atoms with Gasteiger partial charge in [0.25, 0.3) is 0 Å². The van der Waals surface area contributed by atoms with Gasteiger partial charge in [-0.05, 0) is 47.6 Å². The fourth-order valence-corrected chi connectivity index (χ4v) is 3.09. The summed E-state index contributed by atoms with van der Waals surface area (Å²) in [6.07, 6.45) is 8.19. The molecule has 0 spiro atoms. The second-order valence-electron chi connectivity index (χ2n) is 5.76. The third-order valence-electron chi connectivity index (χ3n) is 4.26. The lowest BCUT2D eigenvalue weighted by Gasteiger charge is -2.06. The molecule has 24 heavy (non-hydrogen) atoms. The summed E-state index contributed by atoms with van der Waals surface area (Å²) in [7, 11) is 1.63. The highest BCUT2D eigenvalue weighted by Gasteiger charge is 2.40. The van der Waals surface area contributed by atoms with Gasteiger partial charge in [-0.2, -0.15) is 0 Å². The molecule has 4 rings (SSSR count). The first kappa shape index (κ1) is 15.0. The van der Waals surface area contributed by atoms with Crippen LogP contribution in [0.5, 0.6) is 5.75 Å². The summed E-state index contributed by atoms with van der Waals surface area (Å²) in [6, 6.07) is 7.73. The molecule has 1 fully saturated rings. The van der Waals surface area contributed by atoms with Gasteiger partial charge in [0.15, 0.2) is 11.6 Å². The molecule has 2 heterocycles. The minimum atomic E-state index is 0.432. The Bertz CT molecular complexity index is 855. The molecule has 1 saturated carbocycles. The van der Waals surface area contributed by atoms with E-state index in [0.29, 0.717) is 34.3 Å². The van der Waals surface area contributed by atoms with E-state index in [1.165, 1.54) is 5.56 Å². The Morgan fingerprint density at radius 1 is 0.958 bits per heavy atom. The average molecular weight is 339 g/mol. The molecule has 0 aliphatic heterocycles. The first-order valence-corrected chi connectivity index (χ1v) is 8.07. The van der Waals surface area contributed by atoms with Crippen LogP contribution in [0.15, 0.2) is 49.1 Å². The van der Waals surface area contributed by atoms with E-state index in [1.54, 1.807) is 25.6 Å². The number of benzene rings is 1. The highest BCUT2D eigenvalue weighted by atomic mass is 35.5. The lowest BCUT2D eigenvalue weighted by Crippen LogP contribution is -1.96. The van der Waals surface area contributed by atoms with Crippen LogP contribution in [-0.4, -0.2) is 27.0 Å². The molecule has 0 radical (unpaired) electrons. The zero-order valence-corrected chi connectivity index (χ0v) is 13.8. The summed E-state index contributed by atoms with van der Waals surface area (Å²) in [5.74, 6) is 2.69. The van der Waals surface area contributed by atoms with E-state index in [0.717, 1.165) is 12.0 Å². The maximum absolute atomic E-state index is 6.09. The van der Waals surface area contributed by atoms with Crippen molar-refractivity contribution in [2.75, 3.05) is 7.11 Å². The van der Waals surface area contributed by atoms with Gasteiger partial charge in [0, 0.05) is 24.8 Å². The van der Waals surface area contributed by atoms with Crippen LogP contribution in [0.3, 0.4) is 0 Å². The topological polar surface area (TPSA) is 60.8 Å². The molecule has 1 aliphatic rings. The Kier molecular flexibility index (Phi) is 3.86. The van der Waals surface area contributed by atoms with Crippen molar-refractivity contribution in [3.63, 3.8) is 0 Å². The lowest BCUT2D eigenvalue weighted by atomic mass is 10.1. The van der Waals surface area contributed by atoms with Crippen LogP contribution in [-0.2, 0) is 0 Å². The minimum Gasteiger partial charge on any atom is -0.495 e. The third kappa shape index (κ3) is 2.83. The predicted octanol–water partition coefficient (Wildman–Crippen LogP) is 3.87. The Labute approximate surface area is 144 Å². The van der Waals surface area contributed by atoms with Gasteiger partial charge >= 0.3 is 0 Å². The summed E-state index contributed by atoms with van der Waals surface area (Å²) in [5.41, 5.74) is 2.37. The van der Waals surface area contributed by atoms with Gasteiger partial charge in [-0.3, -0.25) is 0 Å². The van der Waals surface area contributed by atoms with E-state index < -0.39 is 0 Å². The summed E-state index contributed by atoms with van der Waals surface area (Å²) >= 11 is 6.09. The van der Waals surface area contributed by atoms with E-state index in [1.807, 2.05) is 24.5 Å². The van der Waals surface area contributed by atoms with E-state index in [-0.39, 0.29) is 0 Å². The molecular formula is C18H15ClN4O. The number of aromatic nitrogens is 4. The van der Waals surface area contributed by atoms with Crippen LogP contribution in [0.4, 0.5) is 0 Å². The van der Waals surface area contributed by atoms with Crippen molar-refractivity contribution in [3.05, 3.63) is 65.2 Å². The van der Waals surface area contributed by atoms with Crippen LogP contribution in [0.2, 0.25) is 5.02 Å². The maximum atomic E-state index is 6.09. The second-order valence-corrected chi connectivity index (χ2v) is 6.16. The molecule has 2 unspecified atom stereocenters. The number of ether oxygens (including phenoxy) is 1. The molecule has 0 saturated heterocycles. The highest BCUT2D eigenvalue weighted by Crippen LogP contribution is 2.55. The van der Waals surface area contributed by atoms with E-state index in [9.17, 15) is 0 Å². The van der Waals surface area contributed by atoms with Crippen LogP contribution in [0.1, 0.15) is 29.4 Å². The van der Waals surface area contributed by atoms with E-state index in [2.05, 4.69) is 26.0 Å². The molecule has 120 valence electrons. The van der Waals surface area contributed by atoms with Crippen LogP contribution >= 0.6 is 11.6 Å². The fraction of sp³-hybridized carbons (Fsp3) is 0.222. The average Bonchev–Trinajstić information content (AvgIpc) is 3.44. The van der Waals surface area contributed by atoms with Gasteiger partial charge < -0.3 is 4.74 Å². The predicted molar refractivity (Wildman–Crippen MR) is 91.2 cm³/mol. The first-order chi connectivity index (χ1) is 11.8. The number of halogens is 1. The van der Waals surface area contributed by atoms with E-state index >= 15 is 0 Å². The number of methoxy groups -OCH3 is 1. The summed E-state index contributed by atoms with van der Waals surface area (Å²) in [4.78, 5) is 17.1. The Hall–Kier alpha value is -2.53. The molecule has 0 bridgehead atoms. The number of hydrogen-bond acceptors (Lipinski definition) is 5. The third-order valence-corrected chi connectivity index (χ3v) is 4.57. The smallest absolute Gasteiger partial charge is 0.197 e. The number of rotatable bonds is 4. The fourth-order valence-electron chi connectivity index (χ4n) is 2.90. The van der Waals surface area contributed by atoms with Crippen LogP contribution in [0, 0.1) is 0 Å². The standard InChI is InChI=1S/C18H15ClN4O/c1-24-16-7-11(3-4-15(16)19)13-8-14(13)12-9-22-18(23-10-12)17-20-5-2-6-21-17/h2-7,9-10,13-14H,8H2,1H3. The molecule has 5 nitrogen and oxygen atoms in total. The van der Waals surface area contributed by atoms with Crippen molar-refractivity contribution in [2.24, 2.45) is 0 Å².